The number of benzene rings is 3. The Hall–Kier alpha value is -3.45. The number of hydrogen-bond acceptors (Lipinski definition) is 5. The number of methoxy groups -OCH3 is 1. The molecule has 1 amide bonds. The van der Waals surface area contributed by atoms with Crippen LogP contribution in [0.4, 0.5) is 11.4 Å². The smallest absolute Gasteiger partial charge is 0.296 e. The molecule has 0 aromatic heterocycles. The van der Waals surface area contributed by atoms with Crippen molar-refractivity contribution in [3.05, 3.63) is 76.3 Å². The Morgan fingerprint density at radius 2 is 1.86 bits per heavy atom. The number of nitro benzene ring substituents is 1. The summed E-state index contributed by atoms with van der Waals surface area (Å²) in [5.74, 6) is 0.0367. The predicted molar refractivity (Wildman–Crippen MR) is 109 cm³/mol. The molecule has 0 saturated heterocycles. The van der Waals surface area contributed by atoms with Crippen LogP contribution in [0.25, 0.3) is 10.8 Å². The second-order valence-corrected chi connectivity index (χ2v) is 6.54. The first kappa shape index (κ1) is 19.3. The van der Waals surface area contributed by atoms with Gasteiger partial charge in [-0.15, -0.1) is 0 Å². The average Bonchev–Trinajstić information content (AvgIpc) is 2.67. The number of nitro groups is 1. The summed E-state index contributed by atoms with van der Waals surface area (Å²) >= 11 is 0. The number of carbonyl (C=O) groups is 1. The number of nitrogens with one attached hydrogen (secondary N) is 1. The third-order valence-electron chi connectivity index (χ3n) is 4.36. The summed E-state index contributed by atoms with van der Waals surface area (Å²) < 4.78 is 5.00. The second-order valence-electron chi connectivity index (χ2n) is 6.54. The van der Waals surface area contributed by atoms with Gasteiger partial charge in [0.05, 0.1) is 24.6 Å². The highest BCUT2D eigenvalue weighted by atomic mass is 16.6. The molecule has 144 valence electrons. The van der Waals surface area contributed by atoms with Gasteiger partial charge in [-0.3, -0.25) is 19.8 Å². The number of nitrogens with zero attached hydrogens (tertiary/aromatic N) is 2. The van der Waals surface area contributed by atoms with Crippen LogP contribution in [-0.4, -0.2) is 36.4 Å². The summed E-state index contributed by atoms with van der Waals surface area (Å²) in [6, 6.07) is 18.6. The van der Waals surface area contributed by atoms with Crippen molar-refractivity contribution in [3.63, 3.8) is 0 Å². The van der Waals surface area contributed by atoms with Crippen molar-refractivity contribution >= 4 is 28.1 Å². The van der Waals surface area contributed by atoms with Gasteiger partial charge in [-0.25, -0.2) is 0 Å². The number of carbonyl (C=O) groups excluding carboxylic acids is 1. The van der Waals surface area contributed by atoms with Crippen LogP contribution in [-0.2, 0) is 11.3 Å². The van der Waals surface area contributed by atoms with Crippen molar-refractivity contribution in [1.29, 1.82) is 0 Å². The van der Waals surface area contributed by atoms with Crippen LogP contribution in [0.5, 0.6) is 5.75 Å². The third-order valence-corrected chi connectivity index (χ3v) is 4.36. The SMILES string of the molecule is COc1ccc(NC(=O)CN(C)Cc2ccc3ccccc3c2)c([N+](=O)[O-])c1. The van der Waals surface area contributed by atoms with Gasteiger partial charge in [0.1, 0.15) is 11.4 Å². The molecule has 0 atom stereocenters. The molecule has 3 rings (SSSR count). The molecule has 0 aliphatic rings. The Balaban J connectivity index is 1.64. The summed E-state index contributed by atoms with van der Waals surface area (Å²) in [5.41, 5.74) is 1.03. The third kappa shape index (κ3) is 4.63. The first-order valence-electron chi connectivity index (χ1n) is 8.75. The zero-order chi connectivity index (χ0) is 20.1. The average molecular weight is 379 g/mol. The van der Waals surface area contributed by atoms with E-state index in [1.165, 1.54) is 24.6 Å². The van der Waals surface area contributed by atoms with E-state index in [0.717, 1.165) is 10.9 Å². The van der Waals surface area contributed by atoms with Crippen molar-refractivity contribution in [3.8, 4) is 5.75 Å². The van der Waals surface area contributed by atoms with E-state index in [1.807, 2.05) is 36.2 Å². The number of hydrogen-bond donors (Lipinski definition) is 1. The molecule has 0 unspecified atom stereocenters. The fourth-order valence-corrected chi connectivity index (χ4v) is 3.03. The lowest BCUT2D eigenvalue weighted by molar-refractivity contribution is -0.384. The van der Waals surface area contributed by atoms with E-state index in [2.05, 4.69) is 23.5 Å². The molecule has 0 spiro atoms. The molecule has 0 aliphatic carbocycles. The van der Waals surface area contributed by atoms with Gasteiger partial charge in [0.2, 0.25) is 5.91 Å². The standard InChI is InChI=1S/C21H21N3O4/c1-23(13-15-7-8-16-5-3-4-6-17(16)11-15)14-21(25)22-19-10-9-18(28-2)12-20(19)24(26)27/h3-12H,13-14H2,1-2H3,(H,22,25). The van der Waals surface area contributed by atoms with Crippen molar-refractivity contribution in [2.75, 3.05) is 26.0 Å². The quantitative estimate of drug-likeness (QED) is 0.498. The van der Waals surface area contributed by atoms with Gasteiger partial charge < -0.3 is 10.1 Å². The highest BCUT2D eigenvalue weighted by molar-refractivity contribution is 5.94. The van der Waals surface area contributed by atoms with Crippen molar-refractivity contribution in [2.24, 2.45) is 0 Å². The van der Waals surface area contributed by atoms with E-state index in [1.54, 1.807) is 6.07 Å². The maximum absolute atomic E-state index is 12.3. The molecular weight excluding hydrogens is 358 g/mol. The number of rotatable bonds is 7. The highest BCUT2D eigenvalue weighted by Crippen LogP contribution is 2.28. The second kappa shape index (κ2) is 8.49. The molecule has 0 saturated carbocycles. The van der Waals surface area contributed by atoms with E-state index in [4.69, 9.17) is 4.74 Å². The van der Waals surface area contributed by atoms with E-state index >= 15 is 0 Å². The Morgan fingerprint density at radius 3 is 2.57 bits per heavy atom. The van der Waals surface area contributed by atoms with Gasteiger partial charge in [-0.1, -0.05) is 36.4 Å². The van der Waals surface area contributed by atoms with E-state index < -0.39 is 4.92 Å². The predicted octanol–water partition coefficient (Wildman–Crippen LogP) is 3.83. The Morgan fingerprint density at radius 1 is 1.11 bits per heavy atom. The van der Waals surface area contributed by atoms with Crippen molar-refractivity contribution < 1.29 is 14.5 Å². The minimum atomic E-state index is -0.545. The normalized spacial score (nSPS) is 10.8. The number of ether oxygens (including phenoxy) is 1. The first-order chi connectivity index (χ1) is 13.5. The lowest BCUT2D eigenvalue weighted by atomic mass is 10.1. The van der Waals surface area contributed by atoms with Gasteiger partial charge in [0, 0.05) is 6.54 Å². The molecule has 28 heavy (non-hydrogen) atoms. The largest absolute Gasteiger partial charge is 0.496 e. The zero-order valence-corrected chi connectivity index (χ0v) is 15.7. The van der Waals surface area contributed by atoms with Crippen LogP contribution in [0.3, 0.4) is 0 Å². The Labute approximate surface area is 162 Å². The number of likely N-dealkylation sites (N-methyl/N-ethyl adjacent to an activating group) is 1. The lowest BCUT2D eigenvalue weighted by Gasteiger charge is -2.17. The van der Waals surface area contributed by atoms with Gasteiger partial charge in [0.15, 0.2) is 0 Å². The van der Waals surface area contributed by atoms with Crippen LogP contribution < -0.4 is 10.1 Å². The number of anilines is 1. The molecule has 0 bridgehead atoms. The number of amides is 1. The van der Waals surface area contributed by atoms with Crippen LogP contribution in [0.1, 0.15) is 5.56 Å². The topological polar surface area (TPSA) is 84.7 Å². The van der Waals surface area contributed by atoms with Crippen LogP contribution in [0.15, 0.2) is 60.7 Å². The Bertz CT molecular complexity index is 1020. The van der Waals surface area contributed by atoms with E-state index in [9.17, 15) is 14.9 Å². The van der Waals surface area contributed by atoms with Crippen molar-refractivity contribution in [2.45, 2.75) is 6.54 Å². The first-order valence-corrected chi connectivity index (χ1v) is 8.75. The molecule has 0 aliphatic heterocycles. The lowest BCUT2D eigenvalue weighted by Crippen LogP contribution is -2.30. The molecule has 0 heterocycles. The summed E-state index contributed by atoms with van der Waals surface area (Å²) in [5, 5.41) is 16.2. The highest BCUT2D eigenvalue weighted by Gasteiger charge is 2.18. The van der Waals surface area contributed by atoms with Gasteiger partial charge in [0.25, 0.3) is 5.69 Å². The molecule has 0 fully saturated rings. The van der Waals surface area contributed by atoms with Crippen LogP contribution in [0.2, 0.25) is 0 Å². The summed E-state index contributed by atoms with van der Waals surface area (Å²) in [6.45, 7) is 0.693. The van der Waals surface area contributed by atoms with E-state index in [-0.39, 0.29) is 23.8 Å². The van der Waals surface area contributed by atoms with Gasteiger partial charge in [-0.05, 0) is 41.6 Å². The van der Waals surface area contributed by atoms with Gasteiger partial charge in [-0.2, -0.15) is 0 Å². The molecule has 0 radical (unpaired) electrons. The van der Waals surface area contributed by atoms with E-state index in [0.29, 0.717) is 12.3 Å². The van der Waals surface area contributed by atoms with Crippen molar-refractivity contribution in [1.82, 2.24) is 4.90 Å². The molecule has 3 aromatic carbocycles. The molecule has 3 aromatic rings. The van der Waals surface area contributed by atoms with Crippen LogP contribution >= 0.6 is 0 Å². The molecule has 7 nitrogen and oxygen atoms in total. The summed E-state index contributed by atoms with van der Waals surface area (Å²) in [4.78, 5) is 24.9. The van der Waals surface area contributed by atoms with Gasteiger partial charge >= 0.3 is 0 Å². The monoisotopic (exact) mass is 379 g/mol. The number of fused-ring (bicyclic) bond motifs is 1. The molecule has 1 N–H and O–H groups in total. The minimum absolute atomic E-state index is 0.107. The molecular formula is C21H21N3O4. The fraction of sp³-hybridized carbons (Fsp3) is 0.190. The van der Waals surface area contributed by atoms with Crippen LogP contribution in [0, 0.1) is 10.1 Å². The summed E-state index contributed by atoms with van der Waals surface area (Å²) in [7, 11) is 3.26. The molecule has 7 heteroatoms. The maximum Gasteiger partial charge on any atom is 0.296 e. The Kier molecular flexibility index (Phi) is 5.86. The minimum Gasteiger partial charge on any atom is -0.496 e. The fourth-order valence-electron chi connectivity index (χ4n) is 3.03. The maximum atomic E-state index is 12.3. The summed E-state index contributed by atoms with van der Waals surface area (Å²) in [6.07, 6.45) is 0. The zero-order valence-electron chi connectivity index (χ0n) is 15.7.